The van der Waals surface area contributed by atoms with E-state index in [-0.39, 0.29) is 5.15 Å². The molecule has 1 amide bonds. The maximum absolute atomic E-state index is 12.5. The van der Waals surface area contributed by atoms with Gasteiger partial charge in [0, 0.05) is 10.4 Å². The van der Waals surface area contributed by atoms with Crippen molar-refractivity contribution >= 4 is 40.0 Å². The average molecular weight is 371 g/mol. The summed E-state index contributed by atoms with van der Waals surface area (Å²) in [5.41, 5.74) is 6.31. The van der Waals surface area contributed by atoms with E-state index >= 15 is 0 Å². The molecule has 8 heteroatoms. The Labute approximate surface area is 150 Å². The summed E-state index contributed by atoms with van der Waals surface area (Å²) in [5, 5.41) is 14.2. The summed E-state index contributed by atoms with van der Waals surface area (Å²) in [6, 6.07) is 6.53. The molecular weight excluding hydrogens is 351 g/mol. The second kappa shape index (κ2) is 8.60. The largest absolute Gasteiger partial charge is 0.390 e. The highest BCUT2D eigenvalue weighted by Gasteiger charge is 2.17. The van der Waals surface area contributed by atoms with Crippen LogP contribution in [-0.2, 0) is 0 Å². The quantitative estimate of drug-likeness (QED) is 0.341. The summed E-state index contributed by atoms with van der Waals surface area (Å²) in [6.07, 6.45) is -0.257. The van der Waals surface area contributed by atoms with Crippen molar-refractivity contribution < 1.29 is 9.90 Å². The molecule has 1 unspecified atom stereocenters. The first-order valence-electron chi connectivity index (χ1n) is 7.65. The minimum Gasteiger partial charge on any atom is -0.390 e. The van der Waals surface area contributed by atoms with Crippen LogP contribution in [0.2, 0.25) is 10.2 Å². The number of aliphatic hydroxyl groups is 1. The lowest BCUT2D eigenvalue weighted by Gasteiger charge is -2.23. The van der Waals surface area contributed by atoms with Crippen molar-refractivity contribution in [3.05, 3.63) is 40.0 Å². The summed E-state index contributed by atoms with van der Waals surface area (Å²) in [4.78, 5) is 16.7. The maximum atomic E-state index is 12.5. The molecule has 0 aliphatic heterocycles. The number of pyridine rings is 1. The molecule has 0 spiro atoms. The van der Waals surface area contributed by atoms with Gasteiger partial charge in [-0.1, -0.05) is 30.1 Å². The Morgan fingerprint density at radius 1 is 1.33 bits per heavy atom. The Bertz CT molecular complexity index is 725. The van der Waals surface area contributed by atoms with Crippen LogP contribution in [0.5, 0.6) is 0 Å². The van der Waals surface area contributed by atoms with E-state index in [1.54, 1.807) is 25.1 Å². The van der Waals surface area contributed by atoms with Crippen molar-refractivity contribution in [2.45, 2.75) is 32.5 Å². The van der Waals surface area contributed by atoms with Crippen molar-refractivity contribution in [3.63, 3.8) is 0 Å². The molecule has 6 nitrogen and oxygen atoms in total. The molecule has 0 bridgehead atoms. The summed E-state index contributed by atoms with van der Waals surface area (Å²) in [6.45, 7) is 4.35. The summed E-state index contributed by atoms with van der Waals surface area (Å²) in [7, 11) is 0. The predicted molar refractivity (Wildman–Crippen MR) is 96.1 cm³/mol. The van der Waals surface area contributed by atoms with Gasteiger partial charge < -0.3 is 5.11 Å². The number of hydrogen-bond donors (Lipinski definition) is 4. The lowest BCUT2D eigenvalue weighted by Crippen LogP contribution is -2.56. The lowest BCUT2D eigenvalue weighted by atomic mass is 10.1. The zero-order valence-electron chi connectivity index (χ0n) is 13.4. The van der Waals surface area contributed by atoms with E-state index in [9.17, 15) is 9.90 Å². The molecule has 24 heavy (non-hydrogen) atoms. The number of amides is 1. The SMILES string of the molecule is CCCNC(NNC(=O)c1cc(Cl)nc2ccc(Cl)cc12)[C@@H](C)O. The van der Waals surface area contributed by atoms with Crippen molar-refractivity contribution in [1.29, 1.82) is 0 Å². The highest BCUT2D eigenvalue weighted by molar-refractivity contribution is 6.32. The third kappa shape index (κ3) is 4.78. The van der Waals surface area contributed by atoms with Gasteiger partial charge in [0.2, 0.25) is 0 Å². The second-order valence-electron chi connectivity index (χ2n) is 5.42. The van der Waals surface area contributed by atoms with Gasteiger partial charge in [-0.25, -0.2) is 10.4 Å². The third-order valence-electron chi connectivity index (χ3n) is 3.42. The fraction of sp³-hybridized carbons (Fsp3) is 0.375. The molecule has 1 heterocycles. The first-order chi connectivity index (χ1) is 11.4. The fourth-order valence-corrected chi connectivity index (χ4v) is 2.58. The smallest absolute Gasteiger partial charge is 0.266 e. The third-order valence-corrected chi connectivity index (χ3v) is 3.85. The molecule has 0 aliphatic rings. The van der Waals surface area contributed by atoms with Gasteiger partial charge in [-0.15, -0.1) is 0 Å². The molecule has 0 aliphatic carbocycles. The van der Waals surface area contributed by atoms with Gasteiger partial charge in [-0.3, -0.25) is 15.5 Å². The average Bonchev–Trinajstić information content (AvgIpc) is 2.54. The van der Waals surface area contributed by atoms with Crippen LogP contribution in [0.3, 0.4) is 0 Å². The van der Waals surface area contributed by atoms with Gasteiger partial charge in [0.25, 0.3) is 5.91 Å². The van der Waals surface area contributed by atoms with Gasteiger partial charge in [0.05, 0.1) is 17.2 Å². The number of halogens is 2. The van der Waals surface area contributed by atoms with E-state index < -0.39 is 18.2 Å². The number of aliphatic hydroxyl groups excluding tert-OH is 1. The molecule has 0 fully saturated rings. The number of aromatic nitrogens is 1. The number of nitrogens with zero attached hydrogens (tertiary/aromatic N) is 1. The van der Waals surface area contributed by atoms with Crippen LogP contribution in [0.25, 0.3) is 10.9 Å². The Hall–Kier alpha value is -1.44. The lowest BCUT2D eigenvalue weighted by molar-refractivity contribution is 0.0852. The number of nitrogens with one attached hydrogen (secondary N) is 3. The summed E-state index contributed by atoms with van der Waals surface area (Å²) in [5.74, 6) is -0.393. The number of rotatable bonds is 7. The molecule has 0 saturated heterocycles. The molecule has 2 atom stereocenters. The molecule has 1 aromatic heterocycles. The van der Waals surface area contributed by atoms with Crippen LogP contribution in [0.4, 0.5) is 0 Å². The highest BCUT2D eigenvalue weighted by Crippen LogP contribution is 2.24. The van der Waals surface area contributed by atoms with Crippen molar-refractivity contribution in [2.75, 3.05) is 6.54 Å². The number of carbonyl (C=O) groups excluding carboxylic acids is 1. The minimum absolute atomic E-state index is 0.214. The molecule has 0 saturated carbocycles. The minimum atomic E-state index is -0.691. The van der Waals surface area contributed by atoms with Crippen LogP contribution < -0.4 is 16.2 Å². The first kappa shape index (κ1) is 18.9. The van der Waals surface area contributed by atoms with Crippen LogP contribution in [0.15, 0.2) is 24.3 Å². The zero-order valence-corrected chi connectivity index (χ0v) is 14.9. The molecule has 2 rings (SSSR count). The molecule has 0 radical (unpaired) electrons. The second-order valence-corrected chi connectivity index (χ2v) is 6.25. The number of fused-ring (bicyclic) bond motifs is 1. The van der Waals surface area contributed by atoms with Crippen LogP contribution >= 0.6 is 23.2 Å². The van der Waals surface area contributed by atoms with E-state index in [2.05, 4.69) is 21.2 Å². The van der Waals surface area contributed by atoms with E-state index in [1.807, 2.05) is 6.92 Å². The number of hydrogen-bond acceptors (Lipinski definition) is 5. The normalized spacial score (nSPS) is 13.7. The van der Waals surface area contributed by atoms with Gasteiger partial charge in [-0.2, -0.15) is 0 Å². The molecule has 2 aromatic rings. The summed E-state index contributed by atoms with van der Waals surface area (Å²) < 4.78 is 0. The number of carbonyl (C=O) groups is 1. The van der Waals surface area contributed by atoms with Crippen molar-refractivity contribution in [1.82, 2.24) is 21.2 Å². The highest BCUT2D eigenvalue weighted by atomic mass is 35.5. The van der Waals surface area contributed by atoms with E-state index in [0.717, 1.165) is 6.42 Å². The standard InChI is InChI=1S/C16H20Cl2N4O2/c1-3-6-19-15(9(2)23)21-22-16(24)12-8-14(18)20-13-5-4-10(17)7-11(12)13/h4-5,7-9,15,19,21,23H,3,6H2,1-2H3,(H,22,24)/t9-,15?/m1/s1. The fourth-order valence-electron chi connectivity index (χ4n) is 2.21. The Morgan fingerprint density at radius 2 is 2.08 bits per heavy atom. The Kier molecular flexibility index (Phi) is 6.77. The number of hydrazine groups is 1. The number of benzene rings is 1. The first-order valence-corrected chi connectivity index (χ1v) is 8.41. The van der Waals surface area contributed by atoms with Gasteiger partial charge in [0.15, 0.2) is 0 Å². The topological polar surface area (TPSA) is 86.3 Å². The summed E-state index contributed by atoms with van der Waals surface area (Å²) >= 11 is 12.0. The maximum Gasteiger partial charge on any atom is 0.266 e. The van der Waals surface area contributed by atoms with Crippen molar-refractivity contribution in [3.8, 4) is 0 Å². The zero-order chi connectivity index (χ0) is 17.7. The van der Waals surface area contributed by atoms with Crippen LogP contribution in [0, 0.1) is 0 Å². The van der Waals surface area contributed by atoms with E-state index in [1.165, 1.54) is 6.07 Å². The Balaban J connectivity index is 2.20. The van der Waals surface area contributed by atoms with Crippen molar-refractivity contribution in [2.24, 2.45) is 0 Å². The molecule has 4 N–H and O–H groups in total. The predicted octanol–water partition coefficient (Wildman–Crippen LogP) is 2.48. The molecule has 130 valence electrons. The van der Waals surface area contributed by atoms with Gasteiger partial charge in [0.1, 0.15) is 11.3 Å². The van der Waals surface area contributed by atoms with Gasteiger partial charge in [-0.05, 0) is 44.2 Å². The van der Waals surface area contributed by atoms with E-state index in [0.29, 0.717) is 28.0 Å². The van der Waals surface area contributed by atoms with Crippen LogP contribution in [0.1, 0.15) is 30.6 Å². The molecule has 1 aromatic carbocycles. The monoisotopic (exact) mass is 370 g/mol. The van der Waals surface area contributed by atoms with Gasteiger partial charge >= 0.3 is 0 Å². The van der Waals surface area contributed by atoms with E-state index in [4.69, 9.17) is 23.2 Å². The van der Waals surface area contributed by atoms with Crippen LogP contribution in [-0.4, -0.2) is 34.8 Å². The molecular formula is C16H20Cl2N4O2. The Morgan fingerprint density at radius 3 is 2.75 bits per heavy atom.